The number of carboxylic acid groups (broad SMARTS) is 2. The molecule has 4 N–H and O–H groups in total. The van der Waals surface area contributed by atoms with E-state index in [-0.39, 0.29) is 12.8 Å². The molecule has 0 heterocycles. The fraction of sp³-hybridized carbons (Fsp3) is 0.857. The predicted molar refractivity (Wildman–Crippen MR) is 73.4 cm³/mol. The molecule has 0 aromatic heterocycles. The van der Waals surface area contributed by atoms with Crippen molar-refractivity contribution < 1.29 is 30.0 Å². The lowest BCUT2D eigenvalue weighted by molar-refractivity contribution is -0.143. The van der Waals surface area contributed by atoms with Crippen molar-refractivity contribution in [1.82, 2.24) is 0 Å². The lowest BCUT2D eigenvalue weighted by Crippen LogP contribution is -2.23. The highest BCUT2D eigenvalue weighted by Crippen LogP contribution is 2.17. The van der Waals surface area contributed by atoms with Crippen LogP contribution in [-0.2, 0) is 9.59 Å². The topological polar surface area (TPSA) is 115 Å². The molecule has 0 fully saturated rings. The number of carboxylic acids is 2. The van der Waals surface area contributed by atoms with Crippen LogP contribution in [0.25, 0.3) is 0 Å². The van der Waals surface area contributed by atoms with Crippen molar-refractivity contribution in [3.8, 4) is 0 Å². The number of unbranched alkanes of at least 4 members (excludes halogenated alkanes) is 5. The van der Waals surface area contributed by atoms with E-state index in [0.29, 0.717) is 12.8 Å². The summed E-state index contributed by atoms with van der Waals surface area (Å²) < 4.78 is 0. The minimum absolute atomic E-state index is 0.0877. The molecule has 2 atom stereocenters. The normalized spacial score (nSPS) is 13.9. The van der Waals surface area contributed by atoms with Crippen LogP contribution in [0.5, 0.6) is 0 Å². The summed E-state index contributed by atoms with van der Waals surface area (Å²) in [5.74, 6) is -2.31. The molecule has 0 rings (SSSR count). The van der Waals surface area contributed by atoms with Gasteiger partial charge in [0.1, 0.15) is 0 Å². The highest BCUT2D eigenvalue weighted by molar-refractivity contribution is 5.69. The third-order valence-corrected chi connectivity index (χ3v) is 3.31. The van der Waals surface area contributed by atoms with Crippen molar-refractivity contribution in [2.24, 2.45) is 5.92 Å². The largest absolute Gasteiger partial charge is 0.481 e. The SMILES string of the molecule is O=C(O)CCCCCCCCC(CC(O)CO)C(=O)O. The van der Waals surface area contributed by atoms with Crippen LogP contribution >= 0.6 is 0 Å². The van der Waals surface area contributed by atoms with E-state index >= 15 is 0 Å². The van der Waals surface area contributed by atoms with Crippen molar-refractivity contribution in [1.29, 1.82) is 0 Å². The van der Waals surface area contributed by atoms with Crippen molar-refractivity contribution in [3.63, 3.8) is 0 Å². The summed E-state index contributed by atoms with van der Waals surface area (Å²) in [7, 11) is 0. The molecule has 6 nitrogen and oxygen atoms in total. The summed E-state index contributed by atoms with van der Waals surface area (Å²) in [6, 6.07) is 0. The van der Waals surface area contributed by atoms with E-state index in [2.05, 4.69) is 0 Å². The average Bonchev–Trinajstić information content (AvgIpc) is 2.39. The van der Waals surface area contributed by atoms with Gasteiger partial charge >= 0.3 is 11.9 Å². The second-order valence-electron chi connectivity index (χ2n) is 5.16. The lowest BCUT2D eigenvalue weighted by Gasteiger charge is -2.15. The van der Waals surface area contributed by atoms with Crippen LogP contribution in [0.1, 0.15) is 57.8 Å². The standard InChI is InChI=1S/C14H26O6/c15-10-12(16)9-11(14(19)20)7-5-3-1-2-4-6-8-13(17)18/h11-12,15-16H,1-10H2,(H,17,18)(H,19,20). The van der Waals surface area contributed by atoms with Gasteiger partial charge in [-0.2, -0.15) is 0 Å². The third-order valence-electron chi connectivity index (χ3n) is 3.31. The van der Waals surface area contributed by atoms with Gasteiger partial charge in [-0.15, -0.1) is 0 Å². The zero-order chi connectivity index (χ0) is 15.4. The Balaban J connectivity index is 3.59. The zero-order valence-corrected chi connectivity index (χ0v) is 11.8. The third kappa shape index (κ3) is 10.8. The van der Waals surface area contributed by atoms with Gasteiger partial charge in [0.2, 0.25) is 0 Å². The lowest BCUT2D eigenvalue weighted by atomic mass is 9.95. The van der Waals surface area contributed by atoms with E-state index in [1.165, 1.54) is 0 Å². The molecule has 0 saturated carbocycles. The van der Waals surface area contributed by atoms with Crippen LogP contribution in [0.2, 0.25) is 0 Å². The Morgan fingerprint density at radius 3 is 1.95 bits per heavy atom. The molecule has 0 aliphatic rings. The van der Waals surface area contributed by atoms with Crippen LogP contribution in [-0.4, -0.2) is 45.1 Å². The number of carbonyl (C=O) groups is 2. The fourth-order valence-corrected chi connectivity index (χ4v) is 2.12. The van der Waals surface area contributed by atoms with Crippen molar-refractivity contribution in [2.75, 3.05) is 6.61 Å². The smallest absolute Gasteiger partial charge is 0.306 e. The molecule has 0 spiro atoms. The molecule has 0 saturated heterocycles. The predicted octanol–water partition coefficient (Wildman–Crippen LogP) is 1.64. The second-order valence-corrected chi connectivity index (χ2v) is 5.16. The Kier molecular flexibility index (Phi) is 11.0. The Morgan fingerprint density at radius 2 is 1.45 bits per heavy atom. The van der Waals surface area contributed by atoms with Gasteiger partial charge in [-0.1, -0.05) is 32.1 Å². The first-order chi connectivity index (χ1) is 9.47. The van der Waals surface area contributed by atoms with Gasteiger partial charge in [0.15, 0.2) is 0 Å². The van der Waals surface area contributed by atoms with E-state index in [1.54, 1.807) is 0 Å². The minimum atomic E-state index is -0.966. The van der Waals surface area contributed by atoms with Gasteiger partial charge in [0.05, 0.1) is 18.6 Å². The van der Waals surface area contributed by atoms with E-state index in [0.717, 1.165) is 32.1 Å². The number of aliphatic hydroxyl groups excluding tert-OH is 2. The summed E-state index contributed by atoms with van der Waals surface area (Å²) in [5.41, 5.74) is 0. The van der Waals surface area contributed by atoms with Crippen LogP contribution in [0, 0.1) is 5.92 Å². The second kappa shape index (κ2) is 11.7. The van der Waals surface area contributed by atoms with E-state index < -0.39 is 30.6 Å². The molecular weight excluding hydrogens is 264 g/mol. The Bertz CT molecular complexity index is 279. The molecule has 6 heteroatoms. The average molecular weight is 290 g/mol. The van der Waals surface area contributed by atoms with Crippen LogP contribution in [0.3, 0.4) is 0 Å². The van der Waals surface area contributed by atoms with Crippen LogP contribution < -0.4 is 0 Å². The summed E-state index contributed by atoms with van der Waals surface area (Å²) in [6.07, 6.45) is 5.02. The summed E-state index contributed by atoms with van der Waals surface area (Å²) in [5, 5.41) is 35.4. The van der Waals surface area contributed by atoms with Gasteiger partial charge in [-0.3, -0.25) is 9.59 Å². The zero-order valence-electron chi connectivity index (χ0n) is 11.8. The molecule has 0 aliphatic heterocycles. The van der Waals surface area contributed by atoms with E-state index in [9.17, 15) is 14.7 Å². The number of aliphatic hydroxyl groups is 2. The Hall–Kier alpha value is -1.14. The highest BCUT2D eigenvalue weighted by atomic mass is 16.4. The molecule has 2 unspecified atom stereocenters. The molecule has 20 heavy (non-hydrogen) atoms. The van der Waals surface area contributed by atoms with Crippen molar-refractivity contribution in [2.45, 2.75) is 63.9 Å². The first-order valence-corrected chi connectivity index (χ1v) is 7.21. The Labute approximate surface area is 119 Å². The summed E-state index contributed by atoms with van der Waals surface area (Å²) in [4.78, 5) is 21.3. The molecule has 118 valence electrons. The maximum atomic E-state index is 11.0. The van der Waals surface area contributed by atoms with Crippen LogP contribution in [0.4, 0.5) is 0 Å². The quantitative estimate of drug-likeness (QED) is 0.383. The van der Waals surface area contributed by atoms with Gasteiger partial charge in [0.25, 0.3) is 0 Å². The number of rotatable bonds is 13. The van der Waals surface area contributed by atoms with E-state index in [4.69, 9.17) is 15.3 Å². The molecule has 0 aliphatic carbocycles. The molecule has 0 bridgehead atoms. The van der Waals surface area contributed by atoms with Gasteiger partial charge in [-0.05, 0) is 19.3 Å². The van der Waals surface area contributed by atoms with Crippen LogP contribution in [0.15, 0.2) is 0 Å². The van der Waals surface area contributed by atoms with Gasteiger partial charge in [-0.25, -0.2) is 0 Å². The highest BCUT2D eigenvalue weighted by Gasteiger charge is 2.20. The maximum Gasteiger partial charge on any atom is 0.306 e. The molecular formula is C14H26O6. The molecule has 0 aromatic rings. The summed E-state index contributed by atoms with van der Waals surface area (Å²) >= 11 is 0. The fourth-order valence-electron chi connectivity index (χ4n) is 2.12. The van der Waals surface area contributed by atoms with Gasteiger partial charge in [0, 0.05) is 6.42 Å². The maximum absolute atomic E-state index is 11.0. The number of aliphatic carboxylic acids is 2. The van der Waals surface area contributed by atoms with E-state index in [1.807, 2.05) is 0 Å². The number of hydrogen-bond acceptors (Lipinski definition) is 4. The Morgan fingerprint density at radius 1 is 0.900 bits per heavy atom. The molecule has 0 aromatic carbocycles. The first kappa shape index (κ1) is 18.9. The van der Waals surface area contributed by atoms with Crippen molar-refractivity contribution in [3.05, 3.63) is 0 Å². The molecule has 0 amide bonds. The summed E-state index contributed by atoms with van der Waals surface area (Å²) in [6.45, 7) is -0.409. The van der Waals surface area contributed by atoms with Gasteiger partial charge < -0.3 is 20.4 Å². The first-order valence-electron chi connectivity index (χ1n) is 7.21. The van der Waals surface area contributed by atoms with Crippen molar-refractivity contribution >= 4 is 11.9 Å². The monoisotopic (exact) mass is 290 g/mol. The number of hydrogen-bond donors (Lipinski definition) is 4. The minimum Gasteiger partial charge on any atom is -0.481 e. The molecule has 0 radical (unpaired) electrons.